The van der Waals surface area contributed by atoms with Gasteiger partial charge >= 0.3 is 0 Å². The van der Waals surface area contributed by atoms with Crippen molar-refractivity contribution in [1.29, 1.82) is 0 Å². The lowest BCUT2D eigenvalue weighted by Gasteiger charge is -2.11. The molecule has 0 aliphatic carbocycles. The molecule has 1 aromatic heterocycles. The second-order valence-corrected chi connectivity index (χ2v) is 4.60. The lowest BCUT2D eigenvalue weighted by Crippen LogP contribution is -2.05. The summed E-state index contributed by atoms with van der Waals surface area (Å²) in [7, 11) is 1.61. The lowest BCUT2D eigenvalue weighted by molar-refractivity contribution is 0.417. The molecule has 2 N–H and O–H groups in total. The van der Waals surface area contributed by atoms with Crippen molar-refractivity contribution in [3.63, 3.8) is 0 Å². The Kier molecular flexibility index (Phi) is 5.01. The van der Waals surface area contributed by atoms with Gasteiger partial charge in [-0.2, -0.15) is 4.98 Å². The zero-order valence-electron chi connectivity index (χ0n) is 11.5. The predicted molar refractivity (Wildman–Crippen MR) is 82.1 cm³/mol. The summed E-state index contributed by atoms with van der Waals surface area (Å²) in [6, 6.07) is 7.17. The Bertz CT molecular complexity index is 577. The maximum absolute atomic E-state index is 5.99. The SMILES string of the molecule is CCCNc1ccnc(Nc2cc(Cl)ccc2OC)n1. The summed E-state index contributed by atoms with van der Waals surface area (Å²) in [6.45, 7) is 2.97. The van der Waals surface area contributed by atoms with Crippen molar-refractivity contribution in [1.82, 2.24) is 9.97 Å². The third kappa shape index (κ3) is 3.74. The number of nitrogens with zero attached hydrogens (tertiary/aromatic N) is 2. The Labute approximate surface area is 123 Å². The Morgan fingerprint density at radius 2 is 2.15 bits per heavy atom. The average Bonchev–Trinajstić information content (AvgIpc) is 2.46. The molecule has 0 saturated heterocycles. The number of anilines is 3. The Balaban J connectivity index is 2.19. The molecule has 0 unspecified atom stereocenters. The number of methoxy groups -OCH3 is 1. The Morgan fingerprint density at radius 3 is 2.90 bits per heavy atom. The molecular formula is C14H17ClN4O. The van der Waals surface area contributed by atoms with Gasteiger partial charge in [0, 0.05) is 17.8 Å². The lowest BCUT2D eigenvalue weighted by atomic mass is 10.3. The number of benzene rings is 1. The van der Waals surface area contributed by atoms with Crippen LogP contribution >= 0.6 is 11.6 Å². The molecule has 1 heterocycles. The standard InChI is InChI=1S/C14H17ClN4O/c1-3-7-16-13-6-8-17-14(19-13)18-11-9-10(15)4-5-12(11)20-2/h4-6,8-9H,3,7H2,1-2H3,(H2,16,17,18,19). The molecule has 0 fully saturated rings. The Morgan fingerprint density at radius 1 is 1.30 bits per heavy atom. The van der Waals surface area contributed by atoms with E-state index >= 15 is 0 Å². The summed E-state index contributed by atoms with van der Waals surface area (Å²) in [5, 5.41) is 6.94. The summed E-state index contributed by atoms with van der Waals surface area (Å²) < 4.78 is 5.28. The monoisotopic (exact) mass is 292 g/mol. The van der Waals surface area contributed by atoms with E-state index in [9.17, 15) is 0 Å². The van der Waals surface area contributed by atoms with Gasteiger partial charge in [0.25, 0.3) is 0 Å². The molecule has 5 nitrogen and oxygen atoms in total. The topological polar surface area (TPSA) is 59.1 Å². The summed E-state index contributed by atoms with van der Waals surface area (Å²) >= 11 is 5.99. The van der Waals surface area contributed by atoms with Gasteiger partial charge in [-0.1, -0.05) is 18.5 Å². The van der Waals surface area contributed by atoms with Crippen molar-refractivity contribution < 1.29 is 4.74 Å². The third-order valence-corrected chi connectivity index (χ3v) is 2.85. The summed E-state index contributed by atoms with van der Waals surface area (Å²) in [4.78, 5) is 8.57. The second kappa shape index (κ2) is 6.96. The fourth-order valence-corrected chi connectivity index (χ4v) is 1.84. The van der Waals surface area contributed by atoms with Gasteiger partial charge in [0.1, 0.15) is 11.6 Å². The van der Waals surface area contributed by atoms with Gasteiger partial charge in [-0.25, -0.2) is 4.98 Å². The van der Waals surface area contributed by atoms with Crippen LogP contribution < -0.4 is 15.4 Å². The van der Waals surface area contributed by atoms with E-state index in [-0.39, 0.29) is 0 Å². The highest BCUT2D eigenvalue weighted by atomic mass is 35.5. The molecule has 0 radical (unpaired) electrons. The highest BCUT2D eigenvalue weighted by molar-refractivity contribution is 6.30. The number of rotatable bonds is 6. The minimum Gasteiger partial charge on any atom is -0.495 e. The van der Waals surface area contributed by atoms with Crippen molar-refractivity contribution >= 4 is 29.1 Å². The van der Waals surface area contributed by atoms with E-state index in [0.29, 0.717) is 16.7 Å². The van der Waals surface area contributed by atoms with Gasteiger partial charge in [0.2, 0.25) is 5.95 Å². The molecule has 2 rings (SSSR count). The number of hydrogen-bond donors (Lipinski definition) is 2. The molecule has 0 bridgehead atoms. The molecular weight excluding hydrogens is 276 g/mol. The first-order valence-corrected chi connectivity index (χ1v) is 6.78. The molecule has 1 aromatic carbocycles. The molecule has 0 aliphatic heterocycles. The number of hydrogen-bond acceptors (Lipinski definition) is 5. The van der Waals surface area contributed by atoms with Crippen LogP contribution in [0.3, 0.4) is 0 Å². The molecule has 0 saturated carbocycles. The highest BCUT2D eigenvalue weighted by Gasteiger charge is 2.06. The molecule has 2 aromatic rings. The molecule has 6 heteroatoms. The van der Waals surface area contributed by atoms with Crippen LogP contribution in [0.2, 0.25) is 5.02 Å². The smallest absolute Gasteiger partial charge is 0.229 e. The van der Waals surface area contributed by atoms with Crippen LogP contribution in [0.4, 0.5) is 17.5 Å². The van der Waals surface area contributed by atoms with E-state index in [1.54, 1.807) is 31.5 Å². The normalized spacial score (nSPS) is 10.2. The van der Waals surface area contributed by atoms with E-state index in [4.69, 9.17) is 16.3 Å². The molecule has 106 valence electrons. The highest BCUT2D eigenvalue weighted by Crippen LogP contribution is 2.29. The first kappa shape index (κ1) is 14.4. The second-order valence-electron chi connectivity index (χ2n) is 4.16. The van der Waals surface area contributed by atoms with Crippen molar-refractivity contribution in [2.75, 3.05) is 24.3 Å². The van der Waals surface area contributed by atoms with Crippen molar-refractivity contribution in [3.05, 3.63) is 35.5 Å². The summed E-state index contributed by atoms with van der Waals surface area (Å²) in [5.41, 5.74) is 0.729. The van der Waals surface area contributed by atoms with Crippen LogP contribution in [-0.4, -0.2) is 23.6 Å². The maximum atomic E-state index is 5.99. The third-order valence-electron chi connectivity index (χ3n) is 2.62. The van der Waals surface area contributed by atoms with Gasteiger partial charge in [0.15, 0.2) is 0 Å². The fourth-order valence-electron chi connectivity index (χ4n) is 1.67. The fraction of sp³-hybridized carbons (Fsp3) is 0.286. The van der Waals surface area contributed by atoms with Crippen LogP contribution in [0.1, 0.15) is 13.3 Å². The number of aromatic nitrogens is 2. The zero-order chi connectivity index (χ0) is 14.4. The number of halogens is 1. The molecule has 0 aliphatic rings. The first-order valence-electron chi connectivity index (χ1n) is 6.40. The van der Waals surface area contributed by atoms with E-state index < -0.39 is 0 Å². The molecule has 0 atom stereocenters. The largest absolute Gasteiger partial charge is 0.495 e. The minimum atomic E-state index is 0.492. The number of nitrogens with one attached hydrogen (secondary N) is 2. The summed E-state index contributed by atoms with van der Waals surface area (Å²) in [5.74, 6) is 1.96. The average molecular weight is 293 g/mol. The van der Waals surface area contributed by atoms with Crippen LogP contribution in [0.15, 0.2) is 30.5 Å². The van der Waals surface area contributed by atoms with Crippen LogP contribution in [0.25, 0.3) is 0 Å². The van der Waals surface area contributed by atoms with Crippen LogP contribution in [-0.2, 0) is 0 Å². The quantitative estimate of drug-likeness (QED) is 0.850. The van der Waals surface area contributed by atoms with Crippen molar-refractivity contribution in [2.45, 2.75) is 13.3 Å². The zero-order valence-corrected chi connectivity index (χ0v) is 12.2. The molecule has 0 amide bonds. The Hall–Kier alpha value is -2.01. The van der Waals surface area contributed by atoms with E-state index in [1.165, 1.54) is 0 Å². The maximum Gasteiger partial charge on any atom is 0.229 e. The molecule has 0 spiro atoms. The van der Waals surface area contributed by atoms with Crippen LogP contribution in [0, 0.1) is 0 Å². The van der Waals surface area contributed by atoms with Gasteiger partial charge < -0.3 is 15.4 Å². The van der Waals surface area contributed by atoms with Crippen molar-refractivity contribution in [2.24, 2.45) is 0 Å². The predicted octanol–water partition coefficient (Wildman–Crippen LogP) is 3.70. The van der Waals surface area contributed by atoms with E-state index in [1.807, 2.05) is 6.07 Å². The van der Waals surface area contributed by atoms with E-state index in [0.717, 1.165) is 24.5 Å². The number of ether oxygens (including phenoxy) is 1. The summed E-state index contributed by atoms with van der Waals surface area (Å²) in [6.07, 6.45) is 2.74. The van der Waals surface area contributed by atoms with Gasteiger partial charge in [-0.15, -0.1) is 0 Å². The van der Waals surface area contributed by atoms with Gasteiger partial charge in [0.05, 0.1) is 12.8 Å². The van der Waals surface area contributed by atoms with Crippen molar-refractivity contribution in [3.8, 4) is 5.75 Å². The van der Waals surface area contributed by atoms with Gasteiger partial charge in [-0.05, 0) is 30.7 Å². The minimum absolute atomic E-state index is 0.492. The van der Waals surface area contributed by atoms with Gasteiger partial charge in [-0.3, -0.25) is 0 Å². The van der Waals surface area contributed by atoms with Crippen LogP contribution in [0.5, 0.6) is 5.75 Å². The van der Waals surface area contributed by atoms with E-state index in [2.05, 4.69) is 27.5 Å². The molecule has 20 heavy (non-hydrogen) atoms. The first-order chi connectivity index (χ1) is 9.72.